The molecule has 2 aromatic heterocycles. The fourth-order valence-corrected chi connectivity index (χ4v) is 5.62. The van der Waals surface area contributed by atoms with E-state index < -0.39 is 12.1 Å². The molecule has 3 N–H and O–H groups in total. The molecule has 13 heteroatoms. The van der Waals surface area contributed by atoms with Crippen LogP contribution in [-0.4, -0.2) is 57.6 Å². The van der Waals surface area contributed by atoms with Crippen LogP contribution in [0.5, 0.6) is 11.5 Å². The number of esters is 1. The van der Waals surface area contributed by atoms with E-state index in [1.807, 2.05) is 43.7 Å². The minimum atomic E-state index is -0.697. The number of fused-ring (bicyclic) bond motifs is 1. The summed E-state index contributed by atoms with van der Waals surface area (Å²) in [5, 5.41) is 3.36. The SMILES string of the molecule is CCCCCCOC(=O)/N=C(\N)c1ccc(NCc2nc3cc(C(=O)N(CCC(=O)Oc4ccccc4OC(C)C)c4ccccn4)ccc3n2C)cc1. The Morgan fingerprint density at radius 1 is 0.926 bits per heavy atom. The summed E-state index contributed by atoms with van der Waals surface area (Å²) in [4.78, 5) is 53.5. The molecular formula is C41H47N7O6. The number of anilines is 2. The molecule has 13 nitrogen and oxygen atoms in total. The van der Waals surface area contributed by atoms with E-state index in [2.05, 4.69) is 22.2 Å². The number of benzene rings is 3. The van der Waals surface area contributed by atoms with Crippen LogP contribution < -0.4 is 25.4 Å². The number of imidazole rings is 1. The van der Waals surface area contributed by atoms with Crippen LogP contribution >= 0.6 is 0 Å². The highest BCUT2D eigenvalue weighted by Gasteiger charge is 2.22. The first kappa shape index (κ1) is 39.0. The quantitative estimate of drug-likeness (QED) is 0.0323. The van der Waals surface area contributed by atoms with E-state index in [1.54, 1.807) is 72.9 Å². The third kappa shape index (κ3) is 10.7. The number of carbonyl (C=O) groups is 3. The Bertz CT molecular complexity index is 2060. The predicted octanol–water partition coefficient (Wildman–Crippen LogP) is 7.43. The number of amides is 2. The Balaban J connectivity index is 1.23. The molecule has 0 radical (unpaired) electrons. The van der Waals surface area contributed by atoms with Gasteiger partial charge in [-0.3, -0.25) is 14.5 Å². The van der Waals surface area contributed by atoms with E-state index in [0.29, 0.717) is 47.1 Å². The Morgan fingerprint density at radius 2 is 1.67 bits per heavy atom. The van der Waals surface area contributed by atoms with Gasteiger partial charge in [0.1, 0.15) is 17.5 Å². The average Bonchev–Trinajstić information content (AvgIpc) is 3.49. The third-order valence-electron chi connectivity index (χ3n) is 8.43. The summed E-state index contributed by atoms with van der Waals surface area (Å²) in [5.74, 6) is 1.17. The number of nitrogens with zero attached hydrogens (tertiary/aromatic N) is 5. The maximum atomic E-state index is 14.0. The fourth-order valence-electron chi connectivity index (χ4n) is 5.62. The lowest BCUT2D eigenvalue weighted by Gasteiger charge is -2.21. The van der Waals surface area contributed by atoms with Crippen molar-refractivity contribution in [2.24, 2.45) is 17.8 Å². The molecule has 0 aliphatic heterocycles. The topological polar surface area (TPSA) is 163 Å². The number of unbranched alkanes of at least 4 members (excludes halogenated alkanes) is 3. The summed E-state index contributed by atoms with van der Waals surface area (Å²) in [7, 11) is 1.91. The number of hydrogen-bond donors (Lipinski definition) is 2. The van der Waals surface area contributed by atoms with Crippen molar-refractivity contribution >= 4 is 46.3 Å². The molecule has 0 aliphatic rings. The number of aromatic nitrogens is 3. The average molecular weight is 734 g/mol. The number of carbonyl (C=O) groups excluding carboxylic acids is 3. The molecule has 2 amide bonds. The predicted molar refractivity (Wildman–Crippen MR) is 209 cm³/mol. The van der Waals surface area contributed by atoms with Crippen LogP contribution in [0.1, 0.15) is 74.6 Å². The normalized spacial score (nSPS) is 11.4. The van der Waals surface area contributed by atoms with Crippen molar-refractivity contribution in [2.75, 3.05) is 23.4 Å². The van der Waals surface area contributed by atoms with Gasteiger partial charge in [-0.05, 0) is 87.0 Å². The second-order valence-corrected chi connectivity index (χ2v) is 12.9. The van der Waals surface area contributed by atoms with Crippen LogP contribution in [-0.2, 0) is 23.1 Å². The molecule has 0 aliphatic carbocycles. The molecule has 54 heavy (non-hydrogen) atoms. The molecule has 0 bridgehead atoms. The summed E-state index contributed by atoms with van der Waals surface area (Å²) in [6.07, 6.45) is 4.74. The van der Waals surface area contributed by atoms with Crippen LogP contribution in [0.3, 0.4) is 0 Å². The number of amidine groups is 1. The molecule has 0 saturated carbocycles. The van der Waals surface area contributed by atoms with E-state index in [4.69, 9.17) is 24.9 Å². The molecule has 3 aromatic carbocycles. The Morgan fingerprint density at radius 3 is 2.39 bits per heavy atom. The van der Waals surface area contributed by atoms with Gasteiger partial charge in [-0.25, -0.2) is 14.8 Å². The number of nitrogens with one attached hydrogen (secondary N) is 1. The summed E-state index contributed by atoms with van der Waals surface area (Å²) in [5.41, 5.74) is 9.33. The van der Waals surface area contributed by atoms with Crippen molar-refractivity contribution in [3.63, 3.8) is 0 Å². The van der Waals surface area contributed by atoms with Crippen LogP contribution in [0, 0.1) is 0 Å². The molecular weight excluding hydrogens is 686 g/mol. The van der Waals surface area contributed by atoms with Gasteiger partial charge < -0.3 is 29.8 Å². The minimum absolute atomic E-state index is 0.0385. The number of para-hydroxylation sites is 2. The first-order chi connectivity index (χ1) is 26.1. The largest absolute Gasteiger partial charge is 0.487 e. The van der Waals surface area contributed by atoms with Gasteiger partial charge in [0.2, 0.25) is 0 Å². The highest BCUT2D eigenvalue weighted by atomic mass is 16.6. The van der Waals surface area contributed by atoms with Gasteiger partial charge in [-0.15, -0.1) is 0 Å². The number of aliphatic imine (C=N–C) groups is 1. The van der Waals surface area contributed by atoms with Gasteiger partial charge in [0, 0.05) is 36.6 Å². The Kier molecular flexibility index (Phi) is 13.7. The smallest absolute Gasteiger partial charge is 0.435 e. The number of pyridine rings is 1. The lowest BCUT2D eigenvalue weighted by molar-refractivity contribution is -0.134. The van der Waals surface area contributed by atoms with E-state index in [1.165, 1.54) is 4.90 Å². The lowest BCUT2D eigenvalue weighted by atomic mass is 10.1. The third-order valence-corrected chi connectivity index (χ3v) is 8.43. The van der Waals surface area contributed by atoms with Crippen LogP contribution in [0.4, 0.5) is 16.3 Å². The number of ether oxygens (including phenoxy) is 3. The number of rotatable bonds is 17. The second kappa shape index (κ2) is 19.0. The summed E-state index contributed by atoms with van der Waals surface area (Å²) in [6.45, 7) is 6.67. The highest BCUT2D eigenvalue weighted by molar-refractivity contribution is 6.07. The van der Waals surface area contributed by atoms with Gasteiger partial charge >= 0.3 is 12.1 Å². The maximum Gasteiger partial charge on any atom is 0.435 e. The van der Waals surface area contributed by atoms with E-state index in [9.17, 15) is 14.4 Å². The number of hydrogen-bond acceptors (Lipinski definition) is 9. The number of nitrogens with two attached hydrogens (primary N) is 1. The summed E-state index contributed by atoms with van der Waals surface area (Å²) < 4.78 is 18.5. The van der Waals surface area contributed by atoms with Gasteiger partial charge in [-0.1, -0.05) is 44.4 Å². The Labute approximate surface area is 315 Å². The zero-order chi connectivity index (χ0) is 38.5. The molecule has 5 aromatic rings. The van der Waals surface area contributed by atoms with Crippen LogP contribution in [0.2, 0.25) is 0 Å². The van der Waals surface area contributed by atoms with Crippen LogP contribution in [0.25, 0.3) is 11.0 Å². The second-order valence-electron chi connectivity index (χ2n) is 12.9. The molecule has 0 unspecified atom stereocenters. The number of aryl methyl sites for hydroxylation is 1. The molecule has 2 heterocycles. The van der Waals surface area contributed by atoms with Crippen LogP contribution in [0.15, 0.2) is 96.1 Å². The summed E-state index contributed by atoms with van der Waals surface area (Å²) in [6, 6.07) is 24.8. The minimum Gasteiger partial charge on any atom is -0.487 e. The zero-order valence-corrected chi connectivity index (χ0v) is 31.2. The van der Waals surface area contributed by atoms with Crippen molar-refractivity contribution in [1.29, 1.82) is 0 Å². The molecule has 5 rings (SSSR count). The first-order valence-corrected chi connectivity index (χ1v) is 18.1. The standard InChI is InChI=1S/C41H47N7O6/c1-5-6-7-12-25-52-41(51)46-39(42)29-16-19-31(20-17-29)44-27-37-45-32-26-30(18-21-33(32)47(37)4)40(50)48(36-15-10-11-23-43-36)24-22-38(49)54-35-14-9-8-13-34(35)53-28(2)3/h8-11,13-21,23,26,28,44H,5-7,12,22,24-25,27H2,1-4H3,(H2,42,46,51). The van der Waals surface area contributed by atoms with Gasteiger partial charge in [0.05, 0.1) is 36.7 Å². The molecule has 0 saturated heterocycles. The van der Waals surface area contributed by atoms with Crippen molar-refractivity contribution in [1.82, 2.24) is 14.5 Å². The van der Waals surface area contributed by atoms with Gasteiger partial charge in [0.15, 0.2) is 11.5 Å². The van der Waals surface area contributed by atoms with Crippen molar-refractivity contribution in [2.45, 2.75) is 65.5 Å². The molecule has 0 spiro atoms. The van der Waals surface area contributed by atoms with Crippen molar-refractivity contribution in [3.05, 3.63) is 108 Å². The van der Waals surface area contributed by atoms with Crippen molar-refractivity contribution in [3.8, 4) is 11.5 Å². The van der Waals surface area contributed by atoms with Gasteiger partial charge in [0.25, 0.3) is 5.91 Å². The van der Waals surface area contributed by atoms with E-state index >= 15 is 0 Å². The van der Waals surface area contributed by atoms with E-state index in [0.717, 1.165) is 42.7 Å². The highest BCUT2D eigenvalue weighted by Crippen LogP contribution is 2.28. The fraction of sp³-hybridized carbons (Fsp3) is 0.317. The molecule has 0 fully saturated rings. The van der Waals surface area contributed by atoms with E-state index in [-0.39, 0.29) is 30.8 Å². The zero-order valence-electron chi connectivity index (χ0n) is 31.2. The first-order valence-electron chi connectivity index (χ1n) is 18.1. The van der Waals surface area contributed by atoms with Gasteiger partial charge in [-0.2, -0.15) is 4.99 Å². The summed E-state index contributed by atoms with van der Waals surface area (Å²) >= 11 is 0. The van der Waals surface area contributed by atoms with Crippen molar-refractivity contribution < 1.29 is 28.6 Å². The molecule has 282 valence electrons. The maximum absolute atomic E-state index is 14.0. The Hall–Kier alpha value is -6.24. The monoisotopic (exact) mass is 733 g/mol. The lowest BCUT2D eigenvalue weighted by Crippen LogP contribution is -2.34. The molecule has 0 atom stereocenters.